The lowest BCUT2D eigenvalue weighted by molar-refractivity contribution is -0.153. The van der Waals surface area contributed by atoms with Gasteiger partial charge in [0.1, 0.15) is 12.8 Å². The predicted octanol–water partition coefficient (Wildman–Crippen LogP) is 3.99. The average molecular weight is 539 g/mol. The molecule has 1 saturated heterocycles. The summed E-state index contributed by atoms with van der Waals surface area (Å²) in [7, 11) is -7.46. The number of benzene rings is 1. The molecular weight excluding hydrogens is 509 g/mol. The van der Waals surface area contributed by atoms with Gasteiger partial charge in [0.15, 0.2) is 19.6 Å². The minimum absolute atomic E-state index is 0.0422. The van der Waals surface area contributed by atoms with Crippen molar-refractivity contribution < 1.29 is 39.5 Å². The molecule has 0 saturated carbocycles. The monoisotopic (exact) mass is 538 g/mol. The molecule has 1 aliphatic rings. The van der Waals surface area contributed by atoms with Crippen LogP contribution in [0.1, 0.15) is 51.0 Å². The first-order valence-corrected chi connectivity index (χ1v) is 13.8. The van der Waals surface area contributed by atoms with Crippen LogP contribution in [0.5, 0.6) is 0 Å². The van der Waals surface area contributed by atoms with E-state index in [1.807, 2.05) is 0 Å². The zero-order valence-electron chi connectivity index (χ0n) is 20.1. The van der Waals surface area contributed by atoms with Gasteiger partial charge in [-0.3, -0.25) is 0 Å². The number of alkyl halides is 3. The van der Waals surface area contributed by atoms with Gasteiger partial charge < -0.3 is 9.47 Å². The summed E-state index contributed by atoms with van der Waals surface area (Å²) in [6.07, 6.45) is -5.85. The predicted molar refractivity (Wildman–Crippen MR) is 121 cm³/mol. The maximum atomic E-state index is 13.5. The van der Waals surface area contributed by atoms with Crippen LogP contribution in [0.2, 0.25) is 0 Å². The number of methoxy groups -OCH3 is 1. The summed E-state index contributed by atoms with van der Waals surface area (Å²) in [5, 5.41) is 3.09. The Bertz CT molecular complexity index is 1300. The van der Waals surface area contributed by atoms with E-state index in [0.29, 0.717) is 13.8 Å². The van der Waals surface area contributed by atoms with Crippen molar-refractivity contribution in [2.45, 2.75) is 79.0 Å². The van der Waals surface area contributed by atoms with Crippen LogP contribution < -0.4 is 0 Å². The summed E-state index contributed by atoms with van der Waals surface area (Å²) in [4.78, 5) is 0.154. The van der Waals surface area contributed by atoms with E-state index < -0.39 is 46.5 Å². The maximum Gasteiger partial charge on any atom is 0.408 e. The normalized spacial score (nSPS) is 22.3. The molecule has 0 radical (unpaired) electrons. The number of halogens is 3. The molecular formula is C22H29F3N2O6S2. The molecule has 196 valence electrons. The van der Waals surface area contributed by atoms with Crippen molar-refractivity contribution in [3.63, 3.8) is 0 Å². The Morgan fingerprint density at radius 1 is 1.20 bits per heavy atom. The molecule has 0 aliphatic carbocycles. The molecule has 2 unspecified atom stereocenters. The highest BCUT2D eigenvalue weighted by molar-refractivity contribution is 7.93. The molecule has 3 rings (SSSR count). The highest BCUT2D eigenvalue weighted by Crippen LogP contribution is 2.44. The van der Waals surface area contributed by atoms with E-state index >= 15 is 0 Å². The molecule has 0 bridgehead atoms. The average Bonchev–Trinajstić information content (AvgIpc) is 3.18. The van der Waals surface area contributed by atoms with Crippen LogP contribution >= 0.6 is 0 Å². The molecule has 8 nitrogen and oxygen atoms in total. The third-order valence-electron chi connectivity index (χ3n) is 6.52. The third-order valence-corrected chi connectivity index (χ3v) is 11.4. The minimum Gasteiger partial charge on any atom is -0.372 e. The van der Waals surface area contributed by atoms with Crippen molar-refractivity contribution in [1.29, 1.82) is 0 Å². The van der Waals surface area contributed by atoms with Crippen molar-refractivity contribution in [3.05, 3.63) is 41.6 Å². The Labute approximate surface area is 203 Å². The Hall–Kier alpha value is -1.96. The van der Waals surface area contributed by atoms with E-state index in [0.717, 1.165) is 16.3 Å². The van der Waals surface area contributed by atoms with Crippen molar-refractivity contribution in [2.24, 2.45) is 0 Å². The van der Waals surface area contributed by atoms with Gasteiger partial charge in [0, 0.05) is 19.8 Å². The number of nitrogens with zero attached hydrogens (tertiary/aromatic N) is 2. The van der Waals surface area contributed by atoms with Gasteiger partial charge in [0.2, 0.25) is 9.84 Å². The fraction of sp³-hybridized carbons (Fsp3) is 0.591. The standard InChI is InChI=1S/C22H29F3N2O6S2/c1-15-7-6-8-16(11-15)34(28,29)21(4)9-10-33-18(13-21)17-12-19(26-27(17)14-32-5)35(30,31)20(2,3)22(23,24)25/h6-8,11-12,18H,9-10,13-14H2,1-5H3. The summed E-state index contributed by atoms with van der Waals surface area (Å²) in [5.74, 6) is 0. The molecule has 1 fully saturated rings. The second kappa shape index (κ2) is 9.16. The summed E-state index contributed by atoms with van der Waals surface area (Å²) in [6.45, 7) is 4.28. The molecule has 1 aromatic carbocycles. The van der Waals surface area contributed by atoms with Gasteiger partial charge in [-0.05, 0) is 58.2 Å². The van der Waals surface area contributed by atoms with Crippen LogP contribution in [0.25, 0.3) is 0 Å². The van der Waals surface area contributed by atoms with Crippen molar-refractivity contribution in [2.75, 3.05) is 13.7 Å². The number of ether oxygens (including phenoxy) is 2. The van der Waals surface area contributed by atoms with E-state index in [1.165, 1.54) is 13.2 Å². The number of rotatable bonds is 7. The molecule has 1 aromatic heterocycles. The SMILES string of the molecule is COCn1nc(S(=O)(=O)C(C)(C)C(F)(F)F)cc1C1CC(C)(S(=O)(=O)c2cccc(C)c2)CCO1. The molecule has 0 N–H and O–H groups in total. The van der Waals surface area contributed by atoms with Gasteiger partial charge in [0.25, 0.3) is 0 Å². The van der Waals surface area contributed by atoms with Crippen LogP contribution in [0.3, 0.4) is 0 Å². The third kappa shape index (κ3) is 4.75. The maximum absolute atomic E-state index is 13.5. The molecule has 35 heavy (non-hydrogen) atoms. The summed E-state index contributed by atoms with van der Waals surface area (Å²) >= 11 is 0. The lowest BCUT2D eigenvalue weighted by Crippen LogP contribution is -2.46. The van der Waals surface area contributed by atoms with Crippen LogP contribution in [0, 0.1) is 6.92 Å². The van der Waals surface area contributed by atoms with Crippen LogP contribution in [-0.4, -0.2) is 56.0 Å². The first-order valence-electron chi connectivity index (χ1n) is 10.8. The molecule has 2 aromatic rings. The van der Waals surface area contributed by atoms with Gasteiger partial charge in [-0.2, -0.15) is 18.3 Å². The fourth-order valence-corrected chi connectivity index (χ4v) is 7.11. The minimum atomic E-state index is -5.04. The summed E-state index contributed by atoms with van der Waals surface area (Å²) in [5.41, 5.74) is 0.896. The number of hydrogen-bond acceptors (Lipinski definition) is 7. The smallest absolute Gasteiger partial charge is 0.372 e. The van der Waals surface area contributed by atoms with Gasteiger partial charge in [-0.1, -0.05) is 12.1 Å². The number of aryl methyl sites for hydroxylation is 1. The lowest BCUT2D eigenvalue weighted by Gasteiger charge is -2.37. The highest BCUT2D eigenvalue weighted by atomic mass is 32.2. The molecule has 0 amide bonds. The zero-order chi connectivity index (χ0) is 26.4. The quantitative estimate of drug-likeness (QED) is 0.525. The van der Waals surface area contributed by atoms with Gasteiger partial charge in [-0.15, -0.1) is 0 Å². The van der Waals surface area contributed by atoms with Crippen molar-refractivity contribution >= 4 is 19.7 Å². The summed E-state index contributed by atoms with van der Waals surface area (Å²) in [6, 6.07) is 7.52. The van der Waals surface area contributed by atoms with Crippen molar-refractivity contribution in [1.82, 2.24) is 9.78 Å². The first-order chi connectivity index (χ1) is 16.0. The Balaban J connectivity index is 2.05. The van der Waals surface area contributed by atoms with E-state index in [-0.39, 0.29) is 36.8 Å². The highest BCUT2D eigenvalue weighted by Gasteiger charge is 2.58. The molecule has 0 spiro atoms. The van der Waals surface area contributed by atoms with Gasteiger partial charge in [-0.25, -0.2) is 21.5 Å². The second-order valence-corrected chi connectivity index (χ2v) is 14.3. The van der Waals surface area contributed by atoms with E-state index in [4.69, 9.17) is 9.47 Å². The van der Waals surface area contributed by atoms with Gasteiger partial charge >= 0.3 is 6.18 Å². The van der Waals surface area contributed by atoms with Crippen LogP contribution in [0.15, 0.2) is 40.3 Å². The van der Waals surface area contributed by atoms with Crippen molar-refractivity contribution in [3.8, 4) is 0 Å². The number of aromatic nitrogens is 2. The Morgan fingerprint density at radius 2 is 1.86 bits per heavy atom. The number of hydrogen-bond donors (Lipinski definition) is 0. The largest absolute Gasteiger partial charge is 0.408 e. The zero-order valence-corrected chi connectivity index (χ0v) is 21.7. The molecule has 2 heterocycles. The summed E-state index contributed by atoms with van der Waals surface area (Å²) < 4.78 is 101. The van der Waals surface area contributed by atoms with Gasteiger partial charge in [0.05, 0.1) is 15.3 Å². The lowest BCUT2D eigenvalue weighted by atomic mass is 9.95. The fourth-order valence-electron chi connectivity index (χ4n) is 3.91. The van der Waals surface area contributed by atoms with E-state index in [9.17, 15) is 30.0 Å². The second-order valence-electron chi connectivity index (χ2n) is 9.42. The first kappa shape index (κ1) is 27.6. The van der Waals surface area contributed by atoms with E-state index in [2.05, 4.69) is 5.10 Å². The van der Waals surface area contributed by atoms with E-state index in [1.54, 1.807) is 32.0 Å². The van der Waals surface area contributed by atoms with Crippen LogP contribution in [-0.2, 0) is 35.9 Å². The topological polar surface area (TPSA) is 105 Å². The Morgan fingerprint density at radius 3 is 2.43 bits per heavy atom. The molecule has 2 atom stereocenters. The Kier molecular flexibility index (Phi) is 7.23. The molecule has 13 heteroatoms. The molecule has 1 aliphatic heterocycles. The van der Waals surface area contributed by atoms with Crippen LogP contribution in [0.4, 0.5) is 13.2 Å². The number of sulfone groups is 2.